The zero-order valence-corrected chi connectivity index (χ0v) is 17.3. The van der Waals surface area contributed by atoms with E-state index in [4.69, 9.17) is 0 Å². The van der Waals surface area contributed by atoms with Gasteiger partial charge in [-0.05, 0) is 59.8 Å². The van der Waals surface area contributed by atoms with Gasteiger partial charge in [-0.2, -0.15) is 0 Å². The van der Waals surface area contributed by atoms with Crippen LogP contribution in [0.3, 0.4) is 0 Å². The van der Waals surface area contributed by atoms with Gasteiger partial charge in [0, 0.05) is 12.8 Å². The van der Waals surface area contributed by atoms with E-state index in [2.05, 4.69) is 41.5 Å². The molecular weight excluding hydrogens is 280 g/mol. The molecule has 1 rings (SSSR count). The van der Waals surface area contributed by atoms with Crippen LogP contribution in [-0.2, 0) is 0 Å². The Balaban J connectivity index is 2.72. The van der Waals surface area contributed by atoms with Crippen molar-refractivity contribution >= 4 is 0 Å². The van der Waals surface area contributed by atoms with Crippen LogP contribution in [-0.4, -0.2) is 61.3 Å². The maximum atomic E-state index is 2.39. The van der Waals surface area contributed by atoms with Crippen LogP contribution in [0.5, 0.6) is 0 Å². The molecule has 1 fully saturated rings. The van der Waals surface area contributed by atoms with Crippen molar-refractivity contribution in [1.29, 1.82) is 0 Å². The average Bonchev–Trinajstić information content (AvgIpc) is 3.08. The Morgan fingerprint density at radius 3 is 1.13 bits per heavy atom. The van der Waals surface area contributed by atoms with Crippen molar-refractivity contribution in [2.45, 2.75) is 80.1 Å². The molecule has 0 radical (unpaired) electrons. The molecular formula is C21H46N2+2. The number of rotatable bonds is 12. The smallest absolute Gasteiger partial charge is 0.0791 e. The van der Waals surface area contributed by atoms with Crippen LogP contribution in [0.25, 0.3) is 0 Å². The summed E-state index contributed by atoms with van der Waals surface area (Å²) in [5.41, 5.74) is 0.673. The van der Waals surface area contributed by atoms with Crippen LogP contribution < -0.4 is 0 Å². The fraction of sp³-hybridized carbons (Fsp3) is 1.00. The van der Waals surface area contributed by atoms with E-state index in [1.165, 1.54) is 99.8 Å². The monoisotopic (exact) mass is 326 g/mol. The third kappa shape index (κ3) is 5.19. The molecule has 2 heteroatoms. The van der Waals surface area contributed by atoms with Crippen molar-refractivity contribution in [3.63, 3.8) is 0 Å². The van der Waals surface area contributed by atoms with Crippen molar-refractivity contribution in [1.82, 2.24) is 0 Å². The Hall–Kier alpha value is -0.0800. The summed E-state index contributed by atoms with van der Waals surface area (Å²) < 4.78 is 2.66. The summed E-state index contributed by atoms with van der Waals surface area (Å²) in [4.78, 5) is 0. The molecule has 23 heavy (non-hydrogen) atoms. The summed E-state index contributed by atoms with van der Waals surface area (Å²) in [6, 6.07) is 0. The number of hydrogen-bond donors (Lipinski definition) is 0. The normalized spacial score (nSPS) is 18.5. The van der Waals surface area contributed by atoms with Crippen molar-refractivity contribution in [2.75, 3.05) is 52.4 Å². The first-order chi connectivity index (χ1) is 11.0. The lowest BCUT2D eigenvalue weighted by Crippen LogP contribution is -2.51. The van der Waals surface area contributed by atoms with Crippen LogP contribution in [0.1, 0.15) is 80.1 Å². The van der Waals surface area contributed by atoms with E-state index in [1.807, 2.05) is 0 Å². The van der Waals surface area contributed by atoms with Gasteiger partial charge in [-0.3, -0.25) is 0 Å². The number of quaternary nitrogens is 2. The molecule has 1 aliphatic carbocycles. The summed E-state index contributed by atoms with van der Waals surface area (Å²) in [7, 11) is 0. The van der Waals surface area contributed by atoms with Gasteiger partial charge >= 0.3 is 0 Å². The predicted octanol–water partition coefficient (Wildman–Crippen LogP) is 5.08. The van der Waals surface area contributed by atoms with Gasteiger partial charge in [0.1, 0.15) is 0 Å². The summed E-state index contributed by atoms with van der Waals surface area (Å²) in [6.45, 7) is 25.0. The van der Waals surface area contributed by atoms with E-state index in [9.17, 15) is 0 Å². The molecule has 0 atom stereocenters. The van der Waals surface area contributed by atoms with Gasteiger partial charge in [-0.25, -0.2) is 0 Å². The molecule has 0 amide bonds. The Kier molecular flexibility index (Phi) is 8.58. The van der Waals surface area contributed by atoms with Gasteiger partial charge < -0.3 is 8.97 Å². The highest BCUT2D eigenvalue weighted by atomic mass is 15.3. The molecule has 0 spiro atoms. The van der Waals surface area contributed by atoms with Crippen molar-refractivity contribution in [3.8, 4) is 0 Å². The predicted molar refractivity (Wildman–Crippen MR) is 104 cm³/mol. The molecule has 1 saturated carbocycles. The second-order valence-electron chi connectivity index (χ2n) is 8.23. The largest absolute Gasteiger partial charge is 0.324 e. The summed E-state index contributed by atoms with van der Waals surface area (Å²) in [6.07, 6.45) is 8.91. The van der Waals surface area contributed by atoms with Crippen molar-refractivity contribution in [2.24, 2.45) is 5.41 Å². The maximum Gasteiger partial charge on any atom is 0.0791 e. The number of hydrogen-bond acceptors (Lipinski definition) is 0. The molecule has 0 aromatic heterocycles. The van der Waals surface area contributed by atoms with Gasteiger partial charge in [0.15, 0.2) is 0 Å². The molecule has 0 heterocycles. The first-order valence-corrected chi connectivity index (χ1v) is 10.7. The van der Waals surface area contributed by atoms with Crippen LogP contribution in [0.2, 0.25) is 0 Å². The quantitative estimate of drug-likeness (QED) is 0.439. The average molecular weight is 327 g/mol. The third-order valence-corrected chi connectivity index (χ3v) is 7.92. The van der Waals surface area contributed by atoms with Gasteiger partial charge in [-0.1, -0.05) is 12.8 Å². The molecule has 0 aromatic rings. The third-order valence-electron chi connectivity index (χ3n) is 7.92. The molecule has 2 nitrogen and oxygen atoms in total. The van der Waals surface area contributed by atoms with E-state index >= 15 is 0 Å². The maximum absolute atomic E-state index is 2.39. The highest BCUT2D eigenvalue weighted by molar-refractivity contribution is 4.84. The minimum absolute atomic E-state index is 0.673. The second kappa shape index (κ2) is 9.42. The van der Waals surface area contributed by atoms with E-state index in [1.54, 1.807) is 0 Å². The fourth-order valence-corrected chi connectivity index (χ4v) is 4.99. The minimum Gasteiger partial charge on any atom is -0.324 e. The minimum atomic E-state index is 0.673. The first kappa shape index (κ1) is 21.0. The van der Waals surface area contributed by atoms with Crippen molar-refractivity contribution in [3.05, 3.63) is 0 Å². The van der Waals surface area contributed by atoms with Crippen molar-refractivity contribution < 1.29 is 8.97 Å². The zero-order valence-electron chi connectivity index (χ0n) is 17.3. The molecule has 1 aliphatic rings. The topological polar surface area (TPSA) is 0 Å². The Morgan fingerprint density at radius 2 is 0.870 bits per heavy atom. The molecule has 0 bridgehead atoms. The lowest BCUT2D eigenvalue weighted by Gasteiger charge is -2.42. The molecule has 0 aromatic carbocycles. The molecule has 0 saturated heterocycles. The van der Waals surface area contributed by atoms with E-state index < -0.39 is 0 Å². The molecule has 0 N–H and O–H groups in total. The van der Waals surface area contributed by atoms with Crippen LogP contribution in [0, 0.1) is 5.41 Å². The lowest BCUT2D eigenvalue weighted by molar-refractivity contribution is -0.926. The Labute approximate surface area is 147 Å². The number of nitrogens with zero attached hydrogens (tertiary/aromatic N) is 2. The van der Waals surface area contributed by atoms with E-state index in [0.29, 0.717) is 5.41 Å². The van der Waals surface area contributed by atoms with Crippen LogP contribution >= 0.6 is 0 Å². The highest BCUT2D eigenvalue weighted by Gasteiger charge is 2.38. The van der Waals surface area contributed by atoms with Gasteiger partial charge in [0.2, 0.25) is 0 Å². The van der Waals surface area contributed by atoms with E-state index in [0.717, 1.165) is 0 Å². The zero-order chi connectivity index (χ0) is 17.4. The first-order valence-electron chi connectivity index (χ1n) is 10.7. The highest BCUT2D eigenvalue weighted by Crippen LogP contribution is 2.45. The Morgan fingerprint density at radius 1 is 0.565 bits per heavy atom. The van der Waals surface area contributed by atoms with Gasteiger partial charge in [0.25, 0.3) is 0 Å². The summed E-state index contributed by atoms with van der Waals surface area (Å²) >= 11 is 0. The fourth-order valence-electron chi connectivity index (χ4n) is 4.99. The van der Waals surface area contributed by atoms with Crippen LogP contribution in [0.15, 0.2) is 0 Å². The van der Waals surface area contributed by atoms with Gasteiger partial charge in [0.05, 0.1) is 52.4 Å². The molecule has 0 unspecified atom stereocenters. The molecule has 0 aliphatic heterocycles. The molecule has 138 valence electrons. The summed E-state index contributed by atoms with van der Waals surface area (Å²) in [5.74, 6) is 0. The van der Waals surface area contributed by atoms with E-state index in [-0.39, 0.29) is 0 Å². The van der Waals surface area contributed by atoms with Crippen LogP contribution in [0.4, 0.5) is 0 Å². The summed E-state index contributed by atoms with van der Waals surface area (Å²) in [5, 5.41) is 0. The van der Waals surface area contributed by atoms with Gasteiger partial charge in [-0.15, -0.1) is 0 Å². The SMILES string of the molecule is CC[N+](CC)(CC)CCC1(CC[N+](CC)(CC)CC)CCCC1. The second-order valence-corrected chi connectivity index (χ2v) is 8.23. The lowest BCUT2D eigenvalue weighted by atomic mass is 9.78. The Bertz CT molecular complexity index is 267. The standard InChI is InChI=1S/C21H46N2/c1-7-22(8-2,9-3)19-17-21(15-13-14-16-21)18-20-23(10-4,11-5)12-6/h7-20H2,1-6H3/q+2.